The summed E-state index contributed by atoms with van der Waals surface area (Å²) in [6, 6.07) is 92.6. The molecule has 7 nitrogen and oxygen atoms in total. The van der Waals surface area contributed by atoms with E-state index in [1.54, 1.807) is 41.7 Å². The molecule has 0 fully saturated rings. The summed E-state index contributed by atoms with van der Waals surface area (Å²) >= 11 is 5.08. The minimum Gasteiger partial charge on any atom is -0.476 e. The standard InChI is InChI=1S/C89H80N4O3S3/c1-5-9-52-88(53-10-6-2)76-34-24-22-32-70(76)72-47-44-67(56-78(72)88)92(68-45-48-73-71-33-23-25-35-77(71)89(54-11-7-3,55-12-8-4)79(73)57-68)65-42-38-61(39-43-65)83-59-74(60-36-40-64(41-37-60)91(62-26-16-13-17-27-62)63-28-18-14-19-29-63)85(99-83)82-51-50-81(98-82)80-49-46-69(97-80)58-75-84(87(95)96)90-93(86(75)94)66-30-20-15-21-31-66/h13-51,56-59H,5-12,52-55H2,1-4H3,(H,95,96)/b75-58-. The third kappa shape index (κ3) is 12.1. The van der Waals surface area contributed by atoms with E-state index in [2.05, 4.69) is 261 Å². The van der Waals surface area contributed by atoms with Crippen LogP contribution in [-0.4, -0.2) is 22.7 Å². The molecule has 99 heavy (non-hydrogen) atoms. The second kappa shape index (κ2) is 28.1. The SMILES string of the molecule is CCCCC1(CCCC)c2ccccc2-c2ccc(N(c3ccc(-c4cc(-c5ccc(N(c6ccccc6)c6ccccc6)cc5)c(-c5ccc(-c6ccc(/C=C7\C(=O)N(c8ccccc8)N=C7C(=O)O)s6)s5)s4)cc3)c3ccc4c(c3)C(CCCC)(CCCC)c3ccccc3-4)cc21. The number of para-hydroxylation sites is 3. The fourth-order valence-corrected chi connectivity index (χ4v) is 19.1. The number of unbranched alkanes of at least 4 members (excludes halogenated alkanes) is 4. The summed E-state index contributed by atoms with van der Waals surface area (Å²) in [5.74, 6) is -1.73. The van der Waals surface area contributed by atoms with E-state index in [0.717, 1.165) is 115 Å². The lowest BCUT2D eigenvalue weighted by Gasteiger charge is -2.35. The first-order chi connectivity index (χ1) is 48.6. The van der Waals surface area contributed by atoms with Crippen LogP contribution in [0.3, 0.4) is 0 Å². The largest absolute Gasteiger partial charge is 0.476 e. The van der Waals surface area contributed by atoms with Crippen molar-refractivity contribution in [2.45, 2.75) is 116 Å². The number of amides is 1. The number of nitrogens with zero attached hydrogens (tertiary/aromatic N) is 4. The predicted octanol–water partition coefficient (Wildman–Crippen LogP) is 25.6. The molecule has 10 heteroatoms. The number of hydrazone groups is 1. The molecule has 0 unspecified atom stereocenters. The average molecular weight is 1350 g/mol. The minimum absolute atomic E-state index is 0.0484. The van der Waals surface area contributed by atoms with Crippen LogP contribution in [0.25, 0.3) is 69.4 Å². The zero-order valence-corrected chi connectivity index (χ0v) is 59.0. The molecule has 0 spiro atoms. The van der Waals surface area contributed by atoms with Crippen LogP contribution in [-0.2, 0) is 20.4 Å². The first-order valence-electron chi connectivity index (χ1n) is 35.3. The summed E-state index contributed by atoms with van der Waals surface area (Å²) < 4.78 is 0. The van der Waals surface area contributed by atoms with E-state index in [4.69, 9.17) is 0 Å². The zero-order valence-electron chi connectivity index (χ0n) is 56.6. The molecule has 12 aromatic rings. The highest BCUT2D eigenvalue weighted by molar-refractivity contribution is 7.27. The number of thiophene rings is 3. The molecule has 4 heterocycles. The molecule has 15 rings (SSSR count). The van der Waals surface area contributed by atoms with Gasteiger partial charge in [0.25, 0.3) is 5.91 Å². The quantitative estimate of drug-likeness (QED) is 0.0577. The van der Waals surface area contributed by atoms with E-state index in [9.17, 15) is 14.7 Å². The van der Waals surface area contributed by atoms with E-state index < -0.39 is 11.9 Å². The van der Waals surface area contributed by atoms with Gasteiger partial charge in [0.1, 0.15) is 0 Å². The Morgan fingerprint density at radius 2 is 0.838 bits per heavy atom. The van der Waals surface area contributed by atoms with Gasteiger partial charge in [0.05, 0.1) is 16.1 Å². The fraction of sp³-hybridized carbons (Fsp3) is 0.202. The van der Waals surface area contributed by atoms with Crippen molar-refractivity contribution in [3.8, 4) is 63.3 Å². The summed E-state index contributed by atoms with van der Waals surface area (Å²) in [5.41, 5.74) is 21.7. The number of aliphatic carboxylic acids is 1. The van der Waals surface area contributed by atoms with Crippen molar-refractivity contribution < 1.29 is 14.7 Å². The lowest BCUT2D eigenvalue weighted by molar-refractivity contribution is -0.129. The van der Waals surface area contributed by atoms with Crippen molar-refractivity contribution in [1.82, 2.24) is 0 Å². The number of anilines is 7. The van der Waals surface area contributed by atoms with Crippen LogP contribution in [0.4, 0.5) is 39.8 Å². The van der Waals surface area contributed by atoms with Crippen LogP contribution in [0.1, 0.15) is 132 Å². The second-order valence-electron chi connectivity index (χ2n) is 26.5. The van der Waals surface area contributed by atoms with Gasteiger partial charge in [0.2, 0.25) is 0 Å². The van der Waals surface area contributed by atoms with Gasteiger partial charge >= 0.3 is 5.97 Å². The van der Waals surface area contributed by atoms with Gasteiger partial charge in [-0.15, -0.1) is 34.0 Å². The molecule has 492 valence electrons. The van der Waals surface area contributed by atoms with Gasteiger partial charge in [0, 0.05) is 74.9 Å². The van der Waals surface area contributed by atoms with E-state index in [1.165, 1.54) is 103 Å². The van der Waals surface area contributed by atoms with Crippen LogP contribution in [0, 0.1) is 0 Å². The number of rotatable bonds is 25. The van der Waals surface area contributed by atoms with Crippen molar-refractivity contribution in [1.29, 1.82) is 0 Å². The maximum atomic E-state index is 13.8. The monoisotopic (exact) mass is 1350 g/mol. The zero-order chi connectivity index (χ0) is 67.6. The number of carbonyl (C=O) groups excluding carboxylic acids is 1. The molecule has 0 bridgehead atoms. The van der Waals surface area contributed by atoms with Crippen LogP contribution in [0.5, 0.6) is 0 Å². The Morgan fingerprint density at radius 1 is 0.414 bits per heavy atom. The lowest BCUT2D eigenvalue weighted by Crippen LogP contribution is -2.26. The Morgan fingerprint density at radius 3 is 1.35 bits per heavy atom. The maximum absolute atomic E-state index is 13.8. The van der Waals surface area contributed by atoms with Gasteiger partial charge < -0.3 is 14.9 Å². The van der Waals surface area contributed by atoms with E-state index >= 15 is 0 Å². The molecule has 3 aromatic heterocycles. The molecule has 0 radical (unpaired) electrons. The smallest absolute Gasteiger partial charge is 0.357 e. The predicted molar refractivity (Wildman–Crippen MR) is 419 cm³/mol. The third-order valence-corrected chi connectivity index (χ3v) is 24.2. The van der Waals surface area contributed by atoms with Crippen molar-refractivity contribution in [2.24, 2.45) is 5.10 Å². The highest BCUT2D eigenvalue weighted by atomic mass is 32.1. The van der Waals surface area contributed by atoms with Gasteiger partial charge in [-0.25, -0.2) is 4.79 Å². The van der Waals surface area contributed by atoms with Crippen molar-refractivity contribution >= 4 is 97.5 Å². The van der Waals surface area contributed by atoms with Crippen LogP contribution >= 0.6 is 34.0 Å². The molecule has 3 aliphatic rings. The Hall–Kier alpha value is -9.97. The fourth-order valence-electron chi connectivity index (χ4n) is 15.7. The van der Waals surface area contributed by atoms with Gasteiger partial charge in [0.15, 0.2) is 5.71 Å². The molecule has 2 aliphatic carbocycles. The van der Waals surface area contributed by atoms with Gasteiger partial charge in [-0.1, -0.05) is 219 Å². The first kappa shape index (κ1) is 65.0. The Bertz CT molecular complexity index is 4810. The van der Waals surface area contributed by atoms with Crippen LogP contribution in [0.2, 0.25) is 0 Å². The highest BCUT2D eigenvalue weighted by Gasteiger charge is 2.45. The lowest BCUT2D eigenvalue weighted by atomic mass is 9.70. The summed E-state index contributed by atoms with van der Waals surface area (Å²) in [5, 5.41) is 15.7. The first-order valence-corrected chi connectivity index (χ1v) is 37.7. The Labute approximate surface area is 594 Å². The van der Waals surface area contributed by atoms with E-state index in [-0.39, 0.29) is 22.1 Å². The molecular weight excluding hydrogens is 1270 g/mol. The molecule has 9 aromatic carbocycles. The highest BCUT2D eigenvalue weighted by Crippen LogP contribution is 2.59. The van der Waals surface area contributed by atoms with Gasteiger partial charge in [-0.2, -0.15) is 10.1 Å². The number of hydrogen-bond acceptors (Lipinski definition) is 8. The summed E-state index contributed by atoms with van der Waals surface area (Å²) in [6.45, 7) is 9.36. The van der Waals surface area contributed by atoms with Crippen molar-refractivity contribution in [3.05, 3.63) is 287 Å². The van der Waals surface area contributed by atoms with Crippen molar-refractivity contribution in [2.75, 3.05) is 14.8 Å². The van der Waals surface area contributed by atoms with E-state index in [0.29, 0.717) is 5.69 Å². The minimum atomic E-state index is -1.25. The number of hydrogen-bond donors (Lipinski definition) is 1. The number of fused-ring (bicyclic) bond motifs is 6. The molecule has 1 N–H and O–H groups in total. The average Bonchev–Trinajstić information content (AvgIpc) is 1.57. The van der Waals surface area contributed by atoms with Crippen LogP contribution < -0.4 is 14.8 Å². The molecule has 0 saturated heterocycles. The maximum Gasteiger partial charge on any atom is 0.357 e. The Balaban J connectivity index is 0.840. The molecule has 1 amide bonds. The number of carbonyl (C=O) groups is 2. The molecular formula is C89H80N4O3S3. The summed E-state index contributed by atoms with van der Waals surface area (Å²) in [6.07, 6.45) is 15.5. The van der Waals surface area contributed by atoms with Gasteiger partial charge in [-0.05, 0) is 203 Å². The topological polar surface area (TPSA) is 76.5 Å². The summed E-state index contributed by atoms with van der Waals surface area (Å²) in [4.78, 5) is 37.5. The number of carboxylic acids is 1. The van der Waals surface area contributed by atoms with Crippen molar-refractivity contribution in [3.63, 3.8) is 0 Å². The Kier molecular flexibility index (Phi) is 18.4. The van der Waals surface area contributed by atoms with E-state index in [1.807, 2.05) is 23.5 Å². The number of carboxylic acid groups (broad SMARTS) is 1. The van der Waals surface area contributed by atoms with Gasteiger partial charge in [-0.3, -0.25) is 4.79 Å². The normalized spacial score (nSPS) is 14.3. The third-order valence-electron chi connectivity index (χ3n) is 20.5. The molecule has 1 aliphatic heterocycles. The summed E-state index contributed by atoms with van der Waals surface area (Å²) in [7, 11) is 0. The second-order valence-corrected chi connectivity index (χ2v) is 29.8. The molecule has 0 atom stereocenters. The number of benzene rings is 9. The molecule has 0 saturated carbocycles. The van der Waals surface area contributed by atoms with Crippen LogP contribution in [0.15, 0.2) is 265 Å².